The van der Waals surface area contributed by atoms with E-state index in [-0.39, 0.29) is 0 Å². The minimum atomic E-state index is -0.985. The van der Waals surface area contributed by atoms with Crippen LogP contribution in [0.15, 0.2) is 11.8 Å². The monoisotopic (exact) mass is 157 g/mol. The number of aliphatic carboxylic acids is 1. The van der Waals surface area contributed by atoms with Crippen LogP contribution >= 0.6 is 0 Å². The molecule has 1 rings (SSSR count). The Labute approximate surface area is 64.6 Å². The van der Waals surface area contributed by atoms with Crippen LogP contribution in [0.25, 0.3) is 0 Å². The zero-order chi connectivity index (χ0) is 8.27. The van der Waals surface area contributed by atoms with Gasteiger partial charge in [0.1, 0.15) is 6.04 Å². The number of hydrogen-bond acceptors (Lipinski definition) is 3. The van der Waals surface area contributed by atoms with Crippen molar-refractivity contribution in [3.8, 4) is 0 Å². The molecule has 1 aliphatic heterocycles. The van der Waals surface area contributed by atoms with E-state index >= 15 is 0 Å². The summed E-state index contributed by atoms with van der Waals surface area (Å²) in [6.07, 6.45) is 3.04. The van der Waals surface area contributed by atoms with Gasteiger partial charge in [-0.3, -0.25) is 4.79 Å². The predicted octanol–water partition coefficient (Wildman–Crippen LogP) is 0.0926. The minimum absolute atomic E-state index is 0.301. The maximum Gasteiger partial charge on any atom is 0.320 e. The molecular weight excluding hydrogens is 146 g/mol. The third kappa shape index (κ3) is 2.23. The summed E-state index contributed by atoms with van der Waals surface area (Å²) in [7, 11) is 0. The Kier molecular flexibility index (Phi) is 2.48. The lowest BCUT2D eigenvalue weighted by Gasteiger charge is -2.06. The van der Waals surface area contributed by atoms with Crippen LogP contribution < -0.4 is 5.73 Å². The lowest BCUT2D eigenvalue weighted by atomic mass is 10.2. The molecule has 0 aromatic heterocycles. The lowest BCUT2D eigenvalue weighted by Crippen LogP contribution is -2.30. The molecule has 62 valence electrons. The van der Waals surface area contributed by atoms with Gasteiger partial charge in [0.2, 0.25) is 0 Å². The largest absolute Gasteiger partial charge is 0.498 e. The maximum atomic E-state index is 10.3. The molecule has 0 saturated carbocycles. The summed E-state index contributed by atoms with van der Waals surface area (Å²) < 4.78 is 5.09. The summed E-state index contributed by atoms with van der Waals surface area (Å²) in [5.41, 5.74) is 5.28. The van der Waals surface area contributed by atoms with Crippen molar-refractivity contribution in [3.05, 3.63) is 11.8 Å². The molecule has 0 aromatic carbocycles. The predicted molar refractivity (Wildman–Crippen MR) is 38.9 cm³/mol. The number of carboxylic acid groups (broad SMARTS) is 1. The highest BCUT2D eigenvalue weighted by Crippen LogP contribution is 2.13. The third-order valence-corrected chi connectivity index (χ3v) is 1.52. The molecule has 1 unspecified atom stereocenters. The summed E-state index contributed by atoms with van der Waals surface area (Å²) in [4.78, 5) is 10.3. The highest BCUT2D eigenvalue weighted by atomic mass is 16.5. The van der Waals surface area contributed by atoms with E-state index in [1.807, 2.05) is 6.08 Å². The highest BCUT2D eigenvalue weighted by Gasteiger charge is 2.16. The van der Waals surface area contributed by atoms with Crippen molar-refractivity contribution >= 4 is 5.97 Å². The van der Waals surface area contributed by atoms with Crippen LogP contribution in [0.1, 0.15) is 12.8 Å². The quantitative estimate of drug-likeness (QED) is 0.609. The normalized spacial score (nSPS) is 18.8. The van der Waals surface area contributed by atoms with E-state index in [4.69, 9.17) is 15.6 Å². The van der Waals surface area contributed by atoms with Gasteiger partial charge in [-0.1, -0.05) is 0 Å². The summed E-state index contributed by atoms with van der Waals surface area (Å²) in [6.45, 7) is 0.654. The van der Waals surface area contributed by atoms with Crippen molar-refractivity contribution in [2.75, 3.05) is 6.61 Å². The summed E-state index contributed by atoms with van der Waals surface area (Å²) in [6, 6.07) is -0.834. The number of ether oxygens (including phenoxy) is 1. The van der Waals surface area contributed by atoms with E-state index in [2.05, 4.69) is 0 Å². The molecular formula is C7H11NO3. The van der Waals surface area contributed by atoms with E-state index in [9.17, 15) is 4.79 Å². The van der Waals surface area contributed by atoms with Crippen molar-refractivity contribution < 1.29 is 14.6 Å². The van der Waals surface area contributed by atoms with Crippen LogP contribution in [0.2, 0.25) is 0 Å². The van der Waals surface area contributed by atoms with Gasteiger partial charge >= 0.3 is 5.97 Å². The van der Waals surface area contributed by atoms with Crippen molar-refractivity contribution in [3.63, 3.8) is 0 Å². The average Bonchev–Trinajstić information content (AvgIpc) is 2.39. The van der Waals surface area contributed by atoms with Crippen LogP contribution in [0, 0.1) is 0 Å². The Morgan fingerprint density at radius 1 is 1.91 bits per heavy atom. The van der Waals surface area contributed by atoms with Crippen molar-refractivity contribution in [1.29, 1.82) is 0 Å². The molecule has 0 saturated heterocycles. The SMILES string of the molecule is NC(CC1=CCCO1)C(=O)O. The standard InChI is InChI=1S/C7H11NO3/c8-6(7(9)10)4-5-2-1-3-11-5/h2,6H,1,3-4,8H2,(H,9,10). The lowest BCUT2D eigenvalue weighted by molar-refractivity contribution is -0.138. The first-order chi connectivity index (χ1) is 5.20. The molecule has 1 atom stereocenters. The average molecular weight is 157 g/mol. The fourth-order valence-electron chi connectivity index (χ4n) is 0.915. The van der Waals surface area contributed by atoms with Crippen LogP contribution in [-0.2, 0) is 9.53 Å². The van der Waals surface area contributed by atoms with Gasteiger partial charge in [0.05, 0.1) is 12.4 Å². The first kappa shape index (κ1) is 8.07. The van der Waals surface area contributed by atoms with E-state index in [0.29, 0.717) is 18.8 Å². The Hall–Kier alpha value is -1.03. The van der Waals surface area contributed by atoms with Crippen LogP contribution in [0.5, 0.6) is 0 Å². The Bertz CT molecular complexity index is 188. The molecule has 1 aliphatic rings. The Morgan fingerprint density at radius 3 is 3.09 bits per heavy atom. The van der Waals surface area contributed by atoms with E-state index in [1.54, 1.807) is 0 Å². The molecule has 0 fully saturated rings. The Morgan fingerprint density at radius 2 is 2.64 bits per heavy atom. The summed E-state index contributed by atoms with van der Waals surface area (Å²) in [5.74, 6) is -0.277. The number of carboxylic acids is 1. The van der Waals surface area contributed by atoms with Crippen molar-refractivity contribution in [2.45, 2.75) is 18.9 Å². The van der Waals surface area contributed by atoms with Gasteiger partial charge in [-0.25, -0.2) is 0 Å². The zero-order valence-electron chi connectivity index (χ0n) is 6.12. The fourth-order valence-corrected chi connectivity index (χ4v) is 0.915. The van der Waals surface area contributed by atoms with Gasteiger partial charge in [0, 0.05) is 12.8 Å². The molecule has 0 spiro atoms. The van der Waals surface area contributed by atoms with Crippen LogP contribution in [0.4, 0.5) is 0 Å². The van der Waals surface area contributed by atoms with Gasteiger partial charge in [0.15, 0.2) is 0 Å². The van der Waals surface area contributed by atoms with Crippen LogP contribution in [-0.4, -0.2) is 23.7 Å². The second kappa shape index (κ2) is 3.39. The van der Waals surface area contributed by atoms with E-state index in [1.165, 1.54) is 0 Å². The minimum Gasteiger partial charge on any atom is -0.498 e. The van der Waals surface area contributed by atoms with E-state index in [0.717, 1.165) is 6.42 Å². The van der Waals surface area contributed by atoms with Gasteiger partial charge in [-0.15, -0.1) is 0 Å². The molecule has 11 heavy (non-hydrogen) atoms. The fraction of sp³-hybridized carbons (Fsp3) is 0.571. The third-order valence-electron chi connectivity index (χ3n) is 1.52. The van der Waals surface area contributed by atoms with Crippen molar-refractivity contribution in [2.24, 2.45) is 5.73 Å². The molecule has 4 heteroatoms. The highest BCUT2D eigenvalue weighted by molar-refractivity contribution is 5.73. The van der Waals surface area contributed by atoms with E-state index < -0.39 is 12.0 Å². The van der Waals surface area contributed by atoms with Crippen LogP contribution in [0.3, 0.4) is 0 Å². The second-order valence-electron chi connectivity index (χ2n) is 2.46. The van der Waals surface area contributed by atoms with Gasteiger partial charge in [-0.05, 0) is 6.08 Å². The number of carbonyl (C=O) groups is 1. The smallest absolute Gasteiger partial charge is 0.320 e. The molecule has 0 amide bonds. The molecule has 0 bridgehead atoms. The van der Waals surface area contributed by atoms with Crippen molar-refractivity contribution in [1.82, 2.24) is 0 Å². The molecule has 1 heterocycles. The Balaban J connectivity index is 2.35. The summed E-state index contributed by atoms with van der Waals surface area (Å²) >= 11 is 0. The first-order valence-corrected chi connectivity index (χ1v) is 3.50. The molecule has 0 aliphatic carbocycles. The molecule has 0 aromatic rings. The van der Waals surface area contributed by atoms with Gasteiger partial charge in [0.25, 0.3) is 0 Å². The van der Waals surface area contributed by atoms with Gasteiger partial charge in [-0.2, -0.15) is 0 Å². The number of nitrogens with two attached hydrogens (primary N) is 1. The molecule has 4 nitrogen and oxygen atoms in total. The molecule has 0 radical (unpaired) electrons. The summed E-state index contributed by atoms with van der Waals surface area (Å²) in [5, 5.41) is 8.43. The van der Waals surface area contributed by atoms with Gasteiger partial charge < -0.3 is 15.6 Å². The topological polar surface area (TPSA) is 72.5 Å². The second-order valence-corrected chi connectivity index (χ2v) is 2.46. The maximum absolute atomic E-state index is 10.3. The molecule has 3 N–H and O–H groups in total. The first-order valence-electron chi connectivity index (χ1n) is 3.50. The zero-order valence-corrected chi connectivity index (χ0v) is 6.12. The number of hydrogen-bond donors (Lipinski definition) is 2. The number of rotatable bonds is 3.